The normalized spacial score (nSPS) is 20.1. The first-order valence-corrected chi connectivity index (χ1v) is 8.17. The monoisotopic (exact) mass is 317 g/mol. The van der Waals surface area contributed by atoms with Crippen LogP contribution < -0.4 is 0 Å². The number of nitrogens with zero attached hydrogens (tertiary/aromatic N) is 3. The Kier molecular flexibility index (Phi) is 4.50. The van der Waals surface area contributed by atoms with Gasteiger partial charge in [-0.2, -0.15) is 5.10 Å². The molecule has 1 N–H and O–H groups in total. The van der Waals surface area contributed by atoms with Gasteiger partial charge in [-0.3, -0.25) is 4.90 Å². The van der Waals surface area contributed by atoms with Crippen molar-refractivity contribution < 1.29 is 9.50 Å². The molecule has 1 aliphatic rings. The number of halogens is 1. The zero-order chi connectivity index (χ0) is 16.6. The van der Waals surface area contributed by atoms with E-state index in [1.807, 2.05) is 18.5 Å². The average Bonchev–Trinajstić information content (AvgIpc) is 3.09. The van der Waals surface area contributed by atoms with Gasteiger partial charge >= 0.3 is 0 Å². The predicted molar refractivity (Wildman–Crippen MR) is 88.1 cm³/mol. The Labute approximate surface area is 136 Å². The lowest BCUT2D eigenvalue weighted by Gasteiger charge is -2.17. The van der Waals surface area contributed by atoms with Gasteiger partial charge in [0.05, 0.1) is 17.5 Å². The van der Waals surface area contributed by atoms with Crippen LogP contribution in [0.1, 0.15) is 30.3 Å². The Balaban J connectivity index is 1.80. The molecule has 1 aromatic carbocycles. The lowest BCUT2D eigenvalue weighted by atomic mass is 10.0. The lowest BCUT2D eigenvalue weighted by molar-refractivity contribution is 0.127. The van der Waals surface area contributed by atoms with Crippen LogP contribution in [0.5, 0.6) is 0 Å². The first-order valence-electron chi connectivity index (χ1n) is 8.17. The van der Waals surface area contributed by atoms with Crippen molar-refractivity contribution in [1.29, 1.82) is 0 Å². The fourth-order valence-electron chi connectivity index (χ4n) is 3.36. The number of benzene rings is 1. The van der Waals surface area contributed by atoms with Crippen LogP contribution in [0.4, 0.5) is 4.39 Å². The van der Waals surface area contributed by atoms with Crippen molar-refractivity contribution in [3.8, 4) is 5.69 Å². The van der Waals surface area contributed by atoms with Crippen LogP contribution in [0.15, 0.2) is 24.3 Å². The smallest absolute Gasteiger partial charge is 0.123 e. The summed E-state index contributed by atoms with van der Waals surface area (Å²) >= 11 is 0. The van der Waals surface area contributed by atoms with Crippen LogP contribution in [-0.2, 0) is 6.54 Å². The van der Waals surface area contributed by atoms with Gasteiger partial charge in [0.2, 0.25) is 0 Å². The minimum Gasteiger partial charge on any atom is -0.393 e. The number of aliphatic hydroxyl groups excluding tert-OH is 1. The number of likely N-dealkylation sites (tertiary alicyclic amines) is 1. The van der Waals surface area contributed by atoms with Crippen molar-refractivity contribution in [2.45, 2.75) is 39.8 Å². The Hall–Kier alpha value is -1.72. The van der Waals surface area contributed by atoms with Gasteiger partial charge in [0.25, 0.3) is 0 Å². The summed E-state index contributed by atoms with van der Waals surface area (Å²) in [5, 5.41) is 14.4. The highest BCUT2D eigenvalue weighted by Crippen LogP contribution is 2.25. The highest BCUT2D eigenvalue weighted by molar-refractivity contribution is 5.37. The molecule has 2 aromatic rings. The quantitative estimate of drug-likeness (QED) is 0.943. The molecular formula is C18H24FN3O. The second-order valence-corrected chi connectivity index (χ2v) is 6.56. The molecule has 1 saturated heterocycles. The third-order valence-electron chi connectivity index (χ3n) is 4.89. The van der Waals surface area contributed by atoms with Crippen molar-refractivity contribution >= 4 is 0 Å². The molecule has 1 aromatic heterocycles. The number of hydrogen-bond donors (Lipinski definition) is 1. The summed E-state index contributed by atoms with van der Waals surface area (Å²) in [6.45, 7) is 8.74. The molecule has 4 nitrogen and oxygen atoms in total. The Morgan fingerprint density at radius 1 is 1.30 bits per heavy atom. The third-order valence-corrected chi connectivity index (χ3v) is 4.89. The topological polar surface area (TPSA) is 41.3 Å². The van der Waals surface area contributed by atoms with E-state index in [0.717, 1.165) is 43.1 Å². The highest BCUT2D eigenvalue weighted by atomic mass is 19.1. The number of aryl methyl sites for hydroxylation is 1. The minimum absolute atomic E-state index is 0.239. The van der Waals surface area contributed by atoms with E-state index in [0.29, 0.717) is 5.92 Å². The standard InChI is InChI=1S/C18H24FN3O/c1-12-18(11-21-9-8-15(10-21)14(3)23)13(2)22(20-12)17-6-4-16(19)5-7-17/h4-7,14-15,23H,8-11H2,1-3H3. The molecule has 0 saturated carbocycles. The van der Waals surface area contributed by atoms with Crippen molar-refractivity contribution in [3.63, 3.8) is 0 Å². The van der Waals surface area contributed by atoms with Gasteiger partial charge in [0.1, 0.15) is 5.82 Å². The van der Waals surface area contributed by atoms with Crippen molar-refractivity contribution in [1.82, 2.24) is 14.7 Å². The Morgan fingerprint density at radius 3 is 2.61 bits per heavy atom. The molecule has 23 heavy (non-hydrogen) atoms. The fraction of sp³-hybridized carbons (Fsp3) is 0.500. The molecule has 3 rings (SSSR count). The number of aromatic nitrogens is 2. The molecule has 2 atom stereocenters. The van der Waals surface area contributed by atoms with E-state index in [2.05, 4.69) is 16.9 Å². The third kappa shape index (κ3) is 3.31. The van der Waals surface area contributed by atoms with Gasteiger partial charge in [-0.05, 0) is 63.9 Å². The number of hydrogen-bond acceptors (Lipinski definition) is 3. The Bertz CT molecular complexity index is 678. The van der Waals surface area contributed by atoms with Crippen LogP contribution in [0.25, 0.3) is 5.69 Å². The van der Waals surface area contributed by atoms with Gasteiger partial charge < -0.3 is 5.11 Å². The molecule has 0 radical (unpaired) electrons. The van der Waals surface area contributed by atoms with Gasteiger partial charge in [0, 0.05) is 24.3 Å². The maximum absolute atomic E-state index is 13.1. The molecule has 2 unspecified atom stereocenters. The molecule has 5 heteroatoms. The van der Waals surface area contributed by atoms with Crippen LogP contribution in [0, 0.1) is 25.6 Å². The van der Waals surface area contributed by atoms with E-state index in [1.165, 1.54) is 17.7 Å². The van der Waals surface area contributed by atoms with Crippen LogP contribution >= 0.6 is 0 Å². The summed E-state index contributed by atoms with van der Waals surface area (Å²) in [5.74, 6) is 0.125. The molecular weight excluding hydrogens is 293 g/mol. The largest absolute Gasteiger partial charge is 0.393 e. The molecule has 0 aliphatic carbocycles. The fourth-order valence-corrected chi connectivity index (χ4v) is 3.36. The molecule has 0 amide bonds. The maximum Gasteiger partial charge on any atom is 0.123 e. The predicted octanol–water partition coefficient (Wildman–Crippen LogP) is 2.83. The van der Waals surface area contributed by atoms with E-state index in [1.54, 1.807) is 12.1 Å². The van der Waals surface area contributed by atoms with E-state index in [4.69, 9.17) is 0 Å². The molecule has 1 fully saturated rings. The average molecular weight is 317 g/mol. The van der Waals surface area contributed by atoms with Gasteiger partial charge in [-0.1, -0.05) is 0 Å². The Morgan fingerprint density at radius 2 is 2.00 bits per heavy atom. The van der Waals surface area contributed by atoms with Crippen LogP contribution in [0.3, 0.4) is 0 Å². The van der Waals surface area contributed by atoms with Crippen molar-refractivity contribution in [2.24, 2.45) is 5.92 Å². The summed E-state index contributed by atoms with van der Waals surface area (Å²) in [6, 6.07) is 6.41. The van der Waals surface area contributed by atoms with Gasteiger partial charge in [-0.15, -0.1) is 0 Å². The summed E-state index contributed by atoms with van der Waals surface area (Å²) in [6.07, 6.45) is 0.797. The summed E-state index contributed by atoms with van der Waals surface area (Å²) < 4.78 is 15.0. The molecule has 124 valence electrons. The van der Waals surface area contributed by atoms with Crippen molar-refractivity contribution in [2.75, 3.05) is 13.1 Å². The highest BCUT2D eigenvalue weighted by Gasteiger charge is 2.27. The zero-order valence-electron chi connectivity index (χ0n) is 14.0. The van der Waals surface area contributed by atoms with Crippen LogP contribution in [-0.4, -0.2) is 39.0 Å². The van der Waals surface area contributed by atoms with Crippen molar-refractivity contribution in [3.05, 3.63) is 47.0 Å². The molecule has 0 spiro atoms. The van der Waals surface area contributed by atoms with E-state index in [9.17, 15) is 9.50 Å². The van der Waals surface area contributed by atoms with E-state index >= 15 is 0 Å². The first-order chi connectivity index (χ1) is 11.0. The van der Waals surface area contributed by atoms with Crippen LogP contribution in [0.2, 0.25) is 0 Å². The number of rotatable bonds is 4. The number of aliphatic hydroxyl groups is 1. The summed E-state index contributed by atoms with van der Waals surface area (Å²) in [5.41, 5.74) is 4.20. The minimum atomic E-state index is -0.246. The summed E-state index contributed by atoms with van der Waals surface area (Å²) in [4.78, 5) is 2.38. The molecule has 1 aliphatic heterocycles. The SMILES string of the molecule is Cc1nn(-c2ccc(F)cc2)c(C)c1CN1CCC(C(C)O)C1. The van der Waals surface area contributed by atoms with Gasteiger partial charge in [-0.25, -0.2) is 9.07 Å². The second-order valence-electron chi connectivity index (χ2n) is 6.56. The summed E-state index contributed by atoms with van der Waals surface area (Å²) in [7, 11) is 0. The molecule has 0 bridgehead atoms. The molecule has 2 heterocycles. The first kappa shape index (κ1) is 16.1. The maximum atomic E-state index is 13.1. The zero-order valence-corrected chi connectivity index (χ0v) is 14.0. The van der Waals surface area contributed by atoms with E-state index < -0.39 is 0 Å². The van der Waals surface area contributed by atoms with E-state index in [-0.39, 0.29) is 11.9 Å². The lowest BCUT2D eigenvalue weighted by Crippen LogP contribution is -2.24. The van der Waals surface area contributed by atoms with Gasteiger partial charge in [0.15, 0.2) is 0 Å². The second kappa shape index (κ2) is 6.42.